The van der Waals surface area contributed by atoms with E-state index in [0.717, 1.165) is 18.9 Å². The van der Waals surface area contributed by atoms with Crippen LogP contribution < -0.4 is 5.32 Å². The van der Waals surface area contributed by atoms with Crippen LogP contribution in [0.2, 0.25) is 0 Å². The minimum atomic E-state index is -4.38. The zero-order chi connectivity index (χ0) is 22.5. The van der Waals surface area contributed by atoms with Gasteiger partial charge in [0.15, 0.2) is 5.78 Å². The average Bonchev–Trinajstić information content (AvgIpc) is 2.77. The Morgan fingerprint density at radius 3 is 2.38 bits per heavy atom. The molecule has 1 aliphatic carbocycles. The molecule has 0 spiro atoms. The zero-order valence-corrected chi connectivity index (χ0v) is 18.7. The number of benzene rings is 2. The molecular weight excluding hydrogens is 446 g/mol. The molecule has 2 aromatic carbocycles. The van der Waals surface area contributed by atoms with Gasteiger partial charge >= 0.3 is 6.18 Å². The van der Waals surface area contributed by atoms with E-state index in [1.165, 1.54) is 36.4 Å². The first-order valence-corrected chi connectivity index (χ1v) is 10.5. The topological polar surface area (TPSA) is 38.3 Å². The van der Waals surface area contributed by atoms with E-state index in [0.29, 0.717) is 43.4 Å². The summed E-state index contributed by atoms with van der Waals surface area (Å²) in [5, 5.41) is 3.44. The van der Waals surface area contributed by atoms with E-state index >= 15 is 0 Å². The molecule has 1 fully saturated rings. The predicted molar refractivity (Wildman–Crippen MR) is 118 cm³/mol. The summed E-state index contributed by atoms with van der Waals surface area (Å²) in [4.78, 5) is 12.1. The normalized spacial score (nSPS) is 21.1. The van der Waals surface area contributed by atoms with Gasteiger partial charge in [-0.15, -0.1) is 12.4 Å². The van der Waals surface area contributed by atoms with Gasteiger partial charge in [0.25, 0.3) is 0 Å². The number of rotatable bonds is 8. The van der Waals surface area contributed by atoms with Crippen LogP contribution in [0, 0.1) is 5.82 Å². The number of methoxy groups -OCH3 is 1. The third kappa shape index (κ3) is 6.53. The summed E-state index contributed by atoms with van der Waals surface area (Å²) >= 11 is 0. The number of carbonyl (C=O) groups is 1. The Labute approximate surface area is 192 Å². The Morgan fingerprint density at radius 2 is 1.78 bits per heavy atom. The molecule has 1 aliphatic rings. The molecule has 2 aromatic rings. The predicted octanol–water partition coefficient (Wildman–Crippen LogP) is 6.30. The molecule has 176 valence electrons. The maximum atomic E-state index is 13.1. The van der Waals surface area contributed by atoms with Crippen LogP contribution in [0.4, 0.5) is 17.6 Å². The lowest BCUT2D eigenvalue weighted by Crippen LogP contribution is -2.41. The number of hydrogen-bond acceptors (Lipinski definition) is 3. The standard InChI is InChI=1S/C24H27F4NO2.ClH/c1-31-23(18-4-2-5-19(16-18)24(26,27)28)13-11-21(12-14-23)29-15-3-6-22(30)17-7-9-20(25)10-8-17;/h2,4-5,7-10,16,21,29H,3,6,11-15H2,1H3;1H/t21-,23+;. The van der Waals surface area contributed by atoms with Gasteiger partial charge in [-0.05, 0) is 80.6 Å². The van der Waals surface area contributed by atoms with Gasteiger partial charge in [-0.25, -0.2) is 4.39 Å². The molecule has 0 aromatic heterocycles. The van der Waals surface area contributed by atoms with Crippen molar-refractivity contribution < 1.29 is 27.1 Å². The van der Waals surface area contributed by atoms with Crippen molar-refractivity contribution in [2.45, 2.75) is 56.3 Å². The summed E-state index contributed by atoms with van der Waals surface area (Å²) < 4.78 is 57.9. The van der Waals surface area contributed by atoms with Crippen LogP contribution in [0.5, 0.6) is 0 Å². The highest BCUT2D eigenvalue weighted by Crippen LogP contribution is 2.42. The van der Waals surface area contributed by atoms with Crippen molar-refractivity contribution >= 4 is 18.2 Å². The molecule has 0 radical (unpaired) electrons. The molecule has 0 heterocycles. The van der Waals surface area contributed by atoms with Crippen LogP contribution in [0.25, 0.3) is 0 Å². The Kier molecular flexibility index (Phi) is 9.25. The fourth-order valence-electron chi connectivity index (χ4n) is 4.21. The van der Waals surface area contributed by atoms with E-state index in [1.54, 1.807) is 13.2 Å². The van der Waals surface area contributed by atoms with Crippen LogP contribution in [-0.2, 0) is 16.5 Å². The maximum absolute atomic E-state index is 13.1. The van der Waals surface area contributed by atoms with Crippen molar-refractivity contribution in [3.8, 4) is 0 Å². The van der Waals surface area contributed by atoms with Crippen molar-refractivity contribution in [2.75, 3.05) is 13.7 Å². The number of nitrogens with one attached hydrogen (secondary N) is 1. The maximum Gasteiger partial charge on any atom is 0.416 e. The second-order valence-electron chi connectivity index (χ2n) is 8.04. The molecule has 32 heavy (non-hydrogen) atoms. The van der Waals surface area contributed by atoms with Gasteiger partial charge < -0.3 is 10.1 Å². The quantitative estimate of drug-likeness (QED) is 0.277. The third-order valence-corrected chi connectivity index (χ3v) is 6.08. The van der Waals surface area contributed by atoms with Gasteiger partial charge in [0.1, 0.15) is 5.82 Å². The Hall–Kier alpha value is -1.96. The molecule has 1 saturated carbocycles. The van der Waals surface area contributed by atoms with Crippen molar-refractivity contribution in [2.24, 2.45) is 0 Å². The van der Waals surface area contributed by atoms with Crippen molar-refractivity contribution in [1.29, 1.82) is 0 Å². The Balaban J connectivity index is 0.00000363. The summed E-state index contributed by atoms with van der Waals surface area (Å²) in [5.41, 5.74) is -0.302. The molecule has 0 aliphatic heterocycles. The number of ether oxygens (including phenoxy) is 1. The summed E-state index contributed by atoms with van der Waals surface area (Å²) in [6, 6.07) is 11.2. The average molecular weight is 474 g/mol. The number of carbonyl (C=O) groups excluding carboxylic acids is 1. The summed E-state index contributed by atoms with van der Waals surface area (Å²) in [6.45, 7) is 0.668. The van der Waals surface area contributed by atoms with Crippen LogP contribution in [0.3, 0.4) is 0 Å². The van der Waals surface area contributed by atoms with Gasteiger partial charge in [0, 0.05) is 25.1 Å². The first-order valence-electron chi connectivity index (χ1n) is 10.5. The van der Waals surface area contributed by atoms with Gasteiger partial charge in [-0.1, -0.05) is 12.1 Å². The largest absolute Gasteiger partial charge is 0.416 e. The molecule has 8 heteroatoms. The lowest BCUT2D eigenvalue weighted by Gasteiger charge is -2.40. The molecule has 3 rings (SSSR count). The molecule has 0 bridgehead atoms. The van der Waals surface area contributed by atoms with Crippen molar-refractivity contribution in [3.63, 3.8) is 0 Å². The third-order valence-electron chi connectivity index (χ3n) is 6.08. The number of hydrogen-bond donors (Lipinski definition) is 1. The minimum Gasteiger partial charge on any atom is -0.374 e. The smallest absolute Gasteiger partial charge is 0.374 e. The molecule has 1 N–H and O–H groups in total. The lowest BCUT2D eigenvalue weighted by atomic mass is 9.77. The second kappa shape index (κ2) is 11.3. The van der Waals surface area contributed by atoms with Gasteiger partial charge in [-0.2, -0.15) is 13.2 Å². The minimum absolute atomic E-state index is 0. The second-order valence-corrected chi connectivity index (χ2v) is 8.04. The van der Waals surface area contributed by atoms with Crippen molar-refractivity contribution in [1.82, 2.24) is 5.32 Å². The first-order chi connectivity index (χ1) is 14.7. The molecule has 3 nitrogen and oxygen atoms in total. The molecular formula is C24H28ClF4NO2. The highest BCUT2D eigenvalue weighted by atomic mass is 35.5. The summed E-state index contributed by atoms with van der Waals surface area (Å²) in [6.07, 6.45) is -0.553. The van der Waals surface area contributed by atoms with Crippen LogP contribution in [0.15, 0.2) is 48.5 Å². The first kappa shape index (κ1) is 26.3. The van der Waals surface area contributed by atoms with Crippen molar-refractivity contribution in [3.05, 3.63) is 71.0 Å². The van der Waals surface area contributed by atoms with Gasteiger partial charge in [-0.3, -0.25) is 4.79 Å². The van der Waals surface area contributed by atoms with E-state index < -0.39 is 17.3 Å². The van der Waals surface area contributed by atoms with Gasteiger partial charge in [0.2, 0.25) is 0 Å². The van der Waals surface area contributed by atoms with Crippen LogP contribution in [0.1, 0.15) is 60.0 Å². The Morgan fingerprint density at radius 1 is 1.12 bits per heavy atom. The van der Waals surface area contributed by atoms with E-state index in [9.17, 15) is 22.4 Å². The fourth-order valence-corrected chi connectivity index (χ4v) is 4.21. The molecule has 0 atom stereocenters. The van der Waals surface area contributed by atoms with E-state index in [-0.39, 0.29) is 30.0 Å². The van der Waals surface area contributed by atoms with Crippen LogP contribution in [-0.4, -0.2) is 25.5 Å². The van der Waals surface area contributed by atoms with E-state index in [4.69, 9.17) is 4.74 Å². The Bertz CT molecular complexity index is 878. The number of ketones is 1. The summed E-state index contributed by atoms with van der Waals surface area (Å²) in [5.74, 6) is -0.388. The van der Waals surface area contributed by atoms with E-state index in [2.05, 4.69) is 5.32 Å². The van der Waals surface area contributed by atoms with Gasteiger partial charge in [0.05, 0.1) is 11.2 Å². The number of Topliss-reactive ketones (excluding diaryl/α,β-unsaturated/α-hetero) is 1. The highest BCUT2D eigenvalue weighted by Gasteiger charge is 2.39. The lowest BCUT2D eigenvalue weighted by molar-refractivity contribution is -0.137. The monoisotopic (exact) mass is 473 g/mol. The molecule has 0 unspecified atom stereocenters. The fraction of sp³-hybridized carbons (Fsp3) is 0.458. The summed E-state index contributed by atoms with van der Waals surface area (Å²) in [7, 11) is 1.55. The molecule has 0 saturated heterocycles. The van der Waals surface area contributed by atoms with E-state index in [1.807, 2.05) is 0 Å². The van der Waals surface area contributed by atoms with Crippen LogP contribution >= 0.6 is 12.4 Å². The number of halogens is 5. The number of alkyl halides is 3. The SMILES string of the molecule is CO[C@]1(c2cccc(C(F)(F)F)c2)CC[C@H](NCCCC(=O)c2ccc(F)cc2)CC1.Cl. The molecule has 0 amide bonds. The highest BCUT2D eigenvalue weighted by molar-refractivity contribution is 5.95. The zero-order valence-electron chi connectivity index (χ0n) is 17.9.